The van der Waals surface area contributed by atoms with E-state index in [0.717, 1.165) is 5.75 Å². The van der Waals surface area contributed by atoms with Gasteiger partial charge in [0.05, 0.1) is 7.11 Å². The second-order valence-corrected chi connectivity index (χ2v) is 10.8. The summed E-state index contributed by atoms with van der Waals surface area (Å²) in [6, 6.07) is 0. The molecule has 2 nitrogen and oxygen atoms in total. The molecule has 1 N–H and O–H groups in total. The maximum atomic E-state index is 5.70. The molecule has 0 saturated carbocycles. The van der Waals surface area contributed by atoms with E-state index in [1.54, 1.807) is 7.11 Å². The third kappa shape index (κ3) is 7.99. The summed E-state index contributed by atoms with van der Waals surface area (Å²) in [6.07, 6.45) is 23.7. The smallest absolute Gasteiger partial charge is 0.125 e. The van der Waals surface area contributed by atoms with Crippen molar-refractivity contribution in [1.82, 2.24) is 0 Å². The molecule has 32 heavy (non-hydrogen) atoms. The van der Waals surface area contributed by atoms with Gasteiger partial charge in [0.25, 0.3) is 0 Å². The molecule has 1 unspecified atom stereocenters. The van der Waals surface area contributed by atoms with Crippen molar-refractivity contribution in [3.63, 3.8) is 0 Å². The fourth-order valence-corrected chi connectivity index (χ4v) is 5.64. The molecule has 0 amide bonds. The van der Waals surface area contributed by atoms with Crippen molar-refractivity contribution in [3.05, 3.63) is 22.3 Å². The Morgan fingerprint density at radius 1 is 0.719 bits per heavy atom. The van der Waals surface area contributed by atoms with Crippen molar-refractivity contribution >= 4 is 5.69 Å². The van der Waals surface area contributed by atoms with E-state index in [-0.39, 0.29) is 5.54 Å². The molecule has 1 atom stereocenters. The standard InChI is InChI=1S/C30H53NO/c1-7-8-9-10-11-12-13-14-15-16-17-18-19-20-22-30(5)23-21-27-26(4)29(32-6)25(3)24(2)28(27)31-30/h31H,7-23H2,1-6H3. The Kier molecular flexibility index (Phi) is 12.0. The van der Waals surface area contributed by atoms with Crippen LogP contribution in [0.1, 0.15) is 139 Å². The minimum atomic E-state index is 0.238. The van der Waals surface area contributed by atoms with Crippen molar-refractivity contribution in [1.29, 1.82) is 0 Å². The molecule has 0 aliphatic carbocycles. The summed E-state index contributed by atoms with van der Waals surface area (Å²) in [6.45, 7) is 11.4. The van der Waals surface area contributed by atoms with Crippen molar-refractivity contribution in [3.8, 4) is 5.75 Å². The predicted octanol–water partition coefficient (Wildman–Crippen LogP) is 9.61. The van der Waals surface area contributed by atoms with Gasteiger partial charge in [0, 0.05) is 11.2 Å². The first kappa shape index (κ1) is 27.1. The van der Waals surface area contributed by atoms with Crippen LogP contribution >= 0.6 is 0 Å². The van der Waals surface area contributed by atoms with E-state index in [2.05, 4.69) is 39.9 Å². The third-order valence-corrected chi connectivity index (χ3v) is 8.01. The topological polar surface area (TPSA) is 21.3 Å². The molecule has 1 aliphatic rings. The number of hydrogen-bond acceptors (Lipinski definition) is 2. The van der Waals surface area contributed by atoms with Gasteiger partial charge in [-0.3, -0.25) is 0 Å². The second kappa shape index (κ2) is 14.2. The largest absolute Gasteiger partial charge is 0.496 e. The summed E-state index contributed by atoms with van der Waals surface area (Å²) in [5.74, 6) is 1.08. The second-order valence-electron chi connectivity index (χ2n) is 10.8. The number of hydrogen-bond donors (Lipinski definition) is 1. The van der Waals surface area contributed by atoms with Gasteiger partial charge in [-0.2, -0.15) is 0 Å². The summed E-state index contributed by atoms with van der Waals surface area (Å²) in [5, 5.41) is 3.97. The first-order valence-electron chi connectivity index (χ1n) is 13.9. The molecule has 0 aromatic heterocycles. The van der Waals surface area contributed by atoms with Crippen molar-refractivity contribution in [2.45, 2.75) is 149 Å². The monoisotopic (exact) mass is 443 g/mol. The number of ether oxygens (including phenoxy) is 1. The van der Waals surface area contributed by atoms with E-state index in [1.807, 2.05) is 0 Å². The van der Waals surface area contributed by atoms with E-state index in [1.165, 1.54) is 137 Å². The van der Waals surface area contributed by atoms with Gasteiger partial charge in [0.2, 0.25) is 0 Å². The minimum absolute atomic E-state index is 0.238. The van der Waals surface area contributed by atoms with Crippen molar-refractivity contribution < 1.29 is 4.74 Å². The summed E-state index contributed by atoms with van der Waals surface area (Å²) in [5.41, 5.74) is 7.09. The highest BCUT2D eigenvalue weighted by Crippen LogP contribution is 2.42. The van der Waals surface area contributed by atoms with Crippen LogP contribution in [0.5, 0.6) is 5.75 Å². The van der Waals surface area contributed by atoms with E-state index in [0.29, 0.717) is 0 Å². The Morgan fingerprint density at radius 2 is 1.22 bits per heavy atom. The van der Waals surface area contributed by atoms with E-state index >= 15 is 0 Å². The van der Waals surface area contributed by atoms with Gasteiger partial charge in [-0.05, 0) is 69.2 Å². The molecule has 0 radical (unpaired) electrons. The number of benzene rings is 1. The minimum Gasteiger partial charge on any atom is -0.496 e. The van der Waals surface area contributed by atoms with E-state index in [9.17, 15) is 0 Å². The first-order chi connectivity index (χ1) is 15.4. The third-order valence-electron chi connectivity index (χ3n) is 8.01. The number of unbranched alkanes of at least 4 members (excludes halogenated alkanes) is 13. The highest BCUT2D eigenvalue weighted by atomic mass is 16.5. The molecule has 184 valence electrons. The fraction of sp³-hybridized carbons (Fsp3) is 0.800. The number of methoxy groups -OCH3 is 1. The number of fused-ring (bicyclic) bond motifs is 1. The van der Waals surface area contributed by atoms with Gasteiger partial charge in [-0.15, -0.1) is 0 Å². The molecule has 1 heterocycles. The Labute approximate surface area is 200 Å². The lowest BCUT2D eigenvalue weighted by Crippen LogP contribution is -2.39. The maximum absolute atomic E-state index is 5.70. The molecular formula is C30H53NO. The summed E-state index contributed by atoms with van der Waals surface area (Å²) in [7, 11) is 1.80. The molecule has 0 saturated heterocycles. The molecule has 1 aromatic rings. The van der Waals surface area contributed by atoms with Crippen LogP contribution in [-0.2, 0) is 6.42 Å². The normalized spacial score (nSPS) is 17.8. The van der Waals surface area contributed by atoms with Crippen LogP contribution in [0.3, 0.4) is 0 Å². The summed E-state index contributed by atoms with van der Waals surface area (Å²) < 4.78 is 5.70. The van der Waals surface area contributed by atoms with Gasteiger partial charge in [0.15, 0.2) is 0 Å². The highest BCUT2D eigenvalue weighted by molar-refractivity contribution is 5.69. The Morgan fingerprint density at radius 3 is 1.72 bits per heavy atom. The van der Waals surface area contributed by atoms with Gasteiger partial charge in [-0.1, -0.05) is 96.8 Å². The maximum Gasteiger partial charge on any atom is 0.125 e. The molecular weight excluding hydrogens is 390 g/mol. The van der Waals surface area contributed by atoms with E-state index < -0.39 is 0 Å². The number of nitrogens with one attached hydrogen (secondary N) is 1. The van der Waals surface area contributed by atoms with Crippen molar-refractivity contribution in [2.24, 2.45) is 0 Å². The van der Waals surface area contributed by atoms with Crippen LogP contribution in [-0.4, -0.2) is 12.6 Å². The van der Waals surface area contributed by atoms with Crippen LogP contribution in [0.4, 0.5) is 5.69 Å². The summed E-state index contributed by atoms with van der Waals surface area (Å²) >= 11 is 0. The zero-order chi connectivity index (χ0) is 23.4. The van der Waals surface area contributed by atoms with Crippen LogP contribution in [0, 0.1) is 20.8 Å². The number of anilines is 1. The molecule has 0 fully saturated rings. The predicted molar refractivity (Wildman–Crippen MR) is 142 cm³/mol. The quantitative estimate of drug-likeness (QED) is 0.257. The average molecular weight is 444 g/mol. The molecule has 0 bridgehead atoms. The van der Waals surface area contributed by atoms with Gasteiger partial charge in [-0.25, -0.2) is 0 Å². The fourth-order valence-electron chi connectivity index (χ4n) is 5.64. The SMILES string of the molecule is CCCCCCCCCCCCCCCCC1(C)CCc2c(C)c(OC)c(C)c(C)c2N1. The molecule has 0 spiro atoms. The van der Waals surface area contributed by atoms with Crippen molar-refractivity contribution in [2.75, 3.05) is 12.4 Å². The van der Waals surface area contributed by atoms with Crippen LogP contribution in [0.25, 0.3) is 0 Å². The van der Waals surface area contributed by atoms with Gasteiger partial charge in [0.1, 0.15) is 5.75 Å². The zero-order valence-electron chi connectivity index (χ0n) is 22.4. The zero-order valence-corrected chi connectivity index (χ0v) is 22.4. The van der Waals surface area contributed by atoms with Crippen LogP contribution < -0.4 is 10.1 Å². The average Bonchev–Trinajstić information content (AvgIpc) is 2.78. The highest BCUT2D eigenvalue weighted by Gasteiger charge is 2.31. The Bertz CT molecular complexity index is 680. The molecule has 2 rings (SSSR count). The Hall–Kier alpha value is -1.18. The van der Waals surface area contributed by atoms with Gasteiger partial charge >= 0.3 is 0 Å². The van der Waals surface area contributed by atoms with E-state index in [4.69, 9.17) is 4.74 Å². The first-order valence-corrected chi connectivity index (χ1v) is 13.9. The lowest BCUT2D eigenvalue weighted by molar-refractivity contribution is 0.393. The molecule has 2 heteroatoms. The molecule has 1 aromatic carbocycles. The lowest BCUT2D eigenvalue weighted by atomic mass is 9.80. The number of rotatable bonds is 16. The molecule has 1 aliphatic heterocycles. The lowest BCUT2D eigenvalue weighted by Gasteiger charge is -2.39. The Balaban J connectivity index is 1.60. The van der Waals surface area contributed by atoms with Crippen LogP contribution in [0.15, 0.2) is 0 Å². The van der Waals surface area contributed by atoms with Crippen LogP contribution in [0.2, 0.25) is 0 Å². The van der Waals surface area contributed by atoms with Gasteiger partial charge < -0.3 is 10.1 Å². The summed E-state index contributed by atoms with van der Waals surface area (Å²) in [4.78, 5) is 0.